The van der Waals surface area contributed by atoms with Gasteiger partial charge in [-0.1, -0.05) is 0 Å². The summed E-state index contributed by atoms with van der Waals surface area (Å²) in [7, 11) is 0. The third-order valence-corrected chi connectivity index (χ3v) is 5.67. The molecule has 0 radical (unpaired) electrons. The summed E-state index contributed by atoms with van der Waals surface area (Å²) in [5, 5.41) is 3.74. The number of nitrogens with zero attached hydrogens (tertiary/aromatic N) is 2. The molecule has 4 aliphatic rings. The van der Waals surface area contributed by atoms with Crippen molar-refractivity contribution in [3.63, 3.8) is 0 Å². The lowest BCUT2D eigenvalue weighted by atomic mass is 9.94. The first kappa shape index (κ1) is 10.8. The summed E-state index contributed by atoms with van der Waals surface area (Å²) in [5.41, 5.74) is 0. The standard InChI is InChI=1S/C14H25N3/c1-3-11-9-17(10-12(11)15-6-1)14-5-8-16-7-2-4-13(14)16/h11-15H,1-10H2/t11-,12+,13?,14?/m0/s1. The normalized spacial score (nSPS) is 47.3. The van der Waals surface area contributed by atoms with Gasteiger partial charge in [-0.25, -0.2) is 0 Å². The summed E-state index contributed by atoms with van der Waals surface area (Å²) in [6.07, 6.45) is 7.21. The second-order valence-electron chi connectivity index (χ2n) is 6.52. The van der Waals surface area contributed by atoms with Crippen molar-refractivity contribution in [2.75, 3.05) is 32.7 Å². The predicted octanol–water partition coefficient (Wildman–Crippen LogP) is 0.907. The van der Waals surface area contributed by atoms with Crippen molar-refractivity contribution in [2.45, 2.75) is 50.2 Å². The minimum absolute atomic E-state index is 0.819. The van der Waals surface area contributed by atoms with Crippen LogP contribution in [0.2, 0.25) is 0 Å². The Labute approximate surface area is 105 Å². The number of hydrogen-bond donors (Lipinski definition) is 1. The molecule has 2 unspecified atom stereocenters. The molecule has 96 valence electrons. The van der Waals surface area contributed by atoms with Crippen LogP contribution in [0, 0.1) is 5.92 Å². The highest BCUT2D eigenvalue weighted by Gasteiger charge is 2.44. The van der Waals surface area contributed by atoms with Gasteiger partial charge in [0.2, 0.25) is 0 Å². The molecule has 0 aliphatic carbocycles. The van der Waals surface area contributed by atoms with E-state index in [2.05, 4.69) is 15.1 Å². The molecule has 0 spiro atoms. The molecule has 4 atom stereocenters. The lowest BCUT2D eigenvalue weighted by Crippen LogP contribution is -2.43. The zero-order valence-corrected chi connectivity index (χ0v) is 10.8. The molecule has 0 aromatic carbocycles. The first-order valence-electron chi connectivity index (χ1n) is 7.63. The summed E-state index contributed by atoms with van der Waals surface area (Å²) in [5.74, 6) is 0.958. The highest BCUT2D eigenvalue weighted by atomic mass is 15.3. The van der Waals surface area contributed by atoms with E-state index in [-0.39, 0.29) is 0 Å². The molecule has 3 heteroatoms. The Morgan fingerprint density at radius 3 is 2.71 bits per heavy atom. The Balaban J connectivity index is 1.46. The van der Waals surface area contributed by atoms with Gasteiger partial charge in [0.15, 0.2) is 0 Å². The van der Waals surface area contributed by atoms with E-state index in [0.717, 1.165) is 24.0 Å². The molecule has 0 bridgehead atoms. The van der Waals surface area contributed by atoms with Crippen molar-refractivity contribution in [2.24, 2.45) is 5.92 Å². The first-order chi connectivity index (χ1) is 8.42. The molecule has 4 aliphatic heterocycles. The van der Waals surface area contributed by atoms with Crippen LogP contribution in [0.15, 0.2) is 0 Å². The molecule has 0 saturated carbocycles. The van der Waals surface area contributed by atoms with Gasteiger partial charge in [0.1, 0.15) is 0 Å². The predicted molar refractivity (Wildman–Crippen MR) is 69.1 cm³/mol. The number of likely N-dealkylation sites (tertiary alicyclic amines) is 1. The van der Waals surface area contributed by atoms with Crippen LogP contribution in [0.1, 0.15) is 32.1 Å². The van der Waals surface area contributed by atoms with E-state index in [9.17, 15) is 0 Å². The van der Waals surface area contributed by atoms with Gasteiger partial charge >= 0.3 is 0 Å². The number of nitrogens with one attached hydrogen (secondary N) is 1. The Kier molecular flexibility index (Phi) is 2.67. The van der Waals surface area contributed by atoms with Gasteiger partial charge in [-0.3, -0.25) is 9.80 Å². The van der Waals surface area contributed by atoms with Gasteiger partial charge < -0.3 is 5.32 Å². The van der Waals surface area contributed by atoms with Crippen LogP contribution in [0.4, 0.5) is 0 Å². The average molecular weight is 235 g/mol. The van der Waals surface area contributed by atoms with Crippen molar-refractivity contribution in [1.82, 2.24) is 15.1 Å². The van der Waals surface area contributed by atoms with Gasteiger partial charge in [0.25, 0.3) is 0 Å². The molecule has 4 saturated heterocycles. The average Bonchev–Trinajstić information content (AvgIpc) is 3.02. The molecule has 4 fully saturated rings. The minimum atomic E-state index is 0.819. The molecular formula is C14H25N3. The summed E-state index contributed by atoms with van der Waals surface area (Å²) >= 11 is 0. The topological polar surface area (TPSA) is 18.5 Å². The van der Waals surface area contributed by atoms with Crippen molar-refractivity contribution in [1.29, 1.82) is 0 Å². The first-order valence-corrected chi connectivity index (χ1v) is 7.63. The Morgan fingerprint density at radius 2 is 1.76 bits per heavy atom. The molecule has 0 aromatic rings. The third-order valence-electron chi connectivity index (χ3n) is 5.67. The van der Waals surface area contributed by atoms with Gasteiger partial charge in [0, 0.05) is 37.8 Å². The van der Waals surface area contributed by atoms with Gasteiger partial charge in [0.05, 0.1) is 0 Å². The number of piperidine rings is 1. The fourth-order valence-electron chi connectivity index (χ4n) is 4.83. The van der Waals surface area contributed by atoms with Crippen LogP contribution in [-0.2, 0) is 0 Å². The summed E-state index contributed by atoms with van der Waals surface area (Å²) in [4.78, 5) is 5.59. The lowest BCUT2D eigenvalue weighted by molar-refractivity contribution is 0.185. The summed E-state index contributed by atoms with van der Waals surface area (Å²) < 4.78 is 0. The lowest BCUT2D eigenvalue weighted by Gasteiger charge is -2.29. The van der Waals surface area contributed by atoms with E-state index in [0.29, 0.717) is 0 Å². The van der Waals surface area contributed by atoms with E-state index in [1.165, 1.54) is 64.8 Å². The molecule has 3 nitrogen and oxygen atoms in total. The number of fused-ring (bicyclic) bond motifs is 2. The highest BCUT2D eigenvalue weighted by molar-refractivity contribution is 5.02. The van der Waals surface area contributed by atoms with E-state index in [1.807, 2.05) is 0 Å². The van der Waals surface area contributed by atoms with E-state index < -0.39 is 0 Å². The Morgan fingerprint density at radius 1 is 0.824 bits per heavy atom. The molecule has 4 rings (SSSR count). The Hall–Kier alpha value is -0.120. The van der Waals surface area contributed by atoms with Crippen molar-refractivity contribution in [3.8, 4) is 0 Å². The molecule has 4 heterocycles. The van der Waals surface area contributed by atoms with Crippen molar-refractivity contribution < 1.29 is 0 Å². The zero-order chi connectivity index (χ0) is 11.2. The van der Waals surface area contributed by atoms with Gasteiger partial charge in [-0.2, -0.15) is 0 Å². The van der Waals surface area contributed by atoms with Crippen LogP contribution in [0.3, 0.4) is 0 Å². The molecule has 0 aromatic heterocycles. The van der Waals surface area contributed by atoms with Crippen LogP contribution in [0.5, 0.6) is 0 Å². The minimum Gasteiger partial charge on any atom is -0.312 e. The summed E-state index contributed by atoms with van der Waals surface area (Å²) in [6, 6.07) is 2.62. The fraction of sp³-hybridized carbons (Fsp3) is 1.00. The number of rotatable bonds is 1. The second kappa shape index (κ2) is 4.22. The van der Waals surface area contributed by atoms with Gasteiger partial charge in [-0.15, -0.1) is 0 Å². The van der Waals surface area contributed by atoms with Crippen LogP contribution >= 0.6 is 0 Å². The monoisotopic (exact) mass is 235 g/mol. The maximum absolute atomic E-state index is 3.74. The second-order valence-corrected chi connectivity index (χ2v) is 6.52. The largest absolute Gasteiger partial charge is 0.312 e. The maximum Gasteiger partial charge on any atom is 0.0264 e. The zero-order valence-electron chi connectivity index (χ0n) is 10.8. The Bertz CT molecular complexity index is 279. The quantitative estimate of drug-likeness (QED) is 0.729. The fourth-order valence-corrected chi connectivity index (χ4v) is 4.83. The molecule has 17 heavy (non-hydrogen) atoms. The highest BCUT2D eigenvalue weighted by Crippen LogP contribution is 2.35. The molecule has 0 amide bonds. The van der Waals surface area contributed by atoms with E-state index in [4.69, 9.17) is 0 Å². The van der Waals surface area contributed by atoms with Crippen LogP contribution in [-0.4, -0.2) is 60.6 Å². The molecule has 1 N–H and O–H groups in total. The third kappa shape index (κ3) is 1.74. The summed E-state index contributed by atoms with van der Waals surface area (Å²) in [6.45, 7) is 6.72. The van der Waals surface area contributed by atoms with Gasteiger partial charge in [-0.05, 0) is 51.1 Å². The van der Waals surface area contributed by atoms with Crippen LogP contribution < -0.4 is 5.32 Å². The SMILES string of the molecule is C1CN[C@@H]2CN(C3CCN4CCCC34)C[C@@H]2C1. The van der Waals surface area contributed by atoms with Crippen molar-refractivity contribution >= 4 is 0 Å². The smallest absolute Gasteiger partial charge is 0.0264 e. The maximum atomic E-state index is 3.74. The van der Waals surface area contributed by atoms with Crippen molar-refractivity contribution in [3.05, 3.63) is 0 Å². The van der Waals surface area contributed by atoms with E-state index >= 15 is 0 Å². The molecular weight excluding hydrogens is 210 g/mol. The number of hydrogen-bond acceptors (Lipinski definition) is 3. The van der Waals surface area contributed by atoms with Crippen LogP contribution in [0.25, 0.3) is 0 Å². The van der Waals surface area contributed by atoms with E-state index in [1.54, 1.807) is 0 Å².